The van der Waals surface area contributed by atoms with E-state index in [2.05, 4.69) is 18.6 Å². The first kappa shape index (κ1) is 15.6. The summed E-state index contributed by atoms with van der Waals surface area (Å²) in [4.78, 5) is 0.287. The van der Waals surface area contributed by atoms with Crippen LogP contribution in [-0.2, 0) is 10.0 Å². The standard InChI is InChI=1S/C17H21NO2S/c1-4-14(3)15-7-11-17(12-8-15)21(19,20)18-16-9-5-13(2)6-10-16/h5-12,14,18H,4H2,1-3H3. The summed E-state index contributed by atoms with van der Waals surface area (Å²) in [6.07, 6.45) is 1.04. The SMILES string of the molecule is CCC(C)c1ccc(S(=O)(=O)Nc2ccc(C)cc2)cc1. The third-order valence-corrected chi connectivity index (χ3v) is 5.07. The smallest absolute Gasteiger partial charge is 0.261 e. The van der Waals surface area contributed by atoms with Gasteiger partial charge in [0.25, 0.3) is 10.0 Å². The van der Waals surface area contributed by atoms with Gasteiger partial charge in [-0.3, -0.25) is 4.72 Å². The summed E-state index contributed by atoms with van der Waals surface area (Å²) in [5, 5.41) is 0. The van der Waals surface area contributed by atoms with Gasteiger partial charge in [0.15, 0.2) is 0 Å². The number of rotatable bonds is 5. The van der Waals surface area contributed by atoms with Crippen LogP contribution in [0, 0.1) is 6.92 Å². The summed E-state index contributed by atoms with van der Waals surface area (Å²) < 4.78 is 27.2. The Bertz CT molecular complexity index is 689. The van der Waals surface area contributed by atoms with E-state index < -0.39 is 10.0 Å². The molecule has 0 aliphatic carbocycles. The first-order chi connectivity index (χ1) is 9.92. The molecule has 1 N–H and O–H groups in total. The number of hydrogen-bond acceptors (Lipinski definition) is 2. The fraction of sp³-hybridized carbons (Fsp3) is 0.294. The highest BCUT2D eigenvalue weighted by Gasteiger charge is 2.14. The number of anilines is 1. The Morgan fingerprint density at radius 3 is 2.10 bits per heavy atom. The zero-order valence-electron chi connectivity index (χ0n) is 12.6. The molecule has 0 aromatic heterocycles. The Balaban J connectivity index is 2.21. The van der Waals surface area contributed by atoms with E-state index in [-0.39, 0.29) is 4.90 Å². The Hall–Kier alpha value is -1.81. The Morgan fingerprint density at radius 2 is 1.57 bits per heavy atom. The van der Waals surface area contributed by atoms with E-state index in [1.54, 1.807) is 24.3 Å². The molecule has 3 nitrogen and oxygen atoms in total. The van der Waals surface area contributed by atoms with Crippen LogP contribution in [0.2, 0.25) is 0 Å². The fourth-order valence-corrected chi connectivity index (χ4v) is 3.11. The monoisotopic (exact) mass is 303 g/mol. The van der Waals surface area contributed by atoms with Crippen LogP contribution in [0.4, 0.5) is 5.69 Å². The van der Waals surface area contributed by atoms with Crippen molar-refractivity contribution in [3.8, 4) is 0 Å². The molecular weight excluding hydrogens is 282 g/mol. The average molecular weight is 303 g/mol. The lowest BCUT2D eigenvalue weighted by molar-refractivity contribution is 0.601. The molecule has 0 saturated carbocycles. The van der Waals surface area contributed by atoms with E-state index in [0.717, 1.165) is 17.5 Å². The molecule has 4 heteroatoms. The molecule has 0 radical (unpaired) electrons. The van der Waals surface area contributed by atoms with Gasteiger partial charge < -0.3 is 0 Å². The third-order valence-electron chi connectivity index (χ3n) is 3.68. The summed E-state index contributed by atoms with van der Waals surface area (Å²) in [7, 11) is -3.53. The molecule has 0 saturated heterocycles. The minimum absolute atomic E-state index is 0.287. The number of nitrogens with one attached hydrogen (secondary N) is 1. The molecule has 0 amide bonds. The van der Waals surface area contributed by atoms with Crippen molar-refractivity contribution < 1.29 is 8.42 Å². The quantitative estimate of drug-likeness (QED) is 0.894. The van der Waals surface area contributed by atoms with Gasteiger partial charge in [-0.15, -0.1) is 0 Å². The predicted molar refractivity (Wildman–Crippen MR) is 87.1 cm³/mol. The van der Waals surface area contributed by atoms with Crippen molar-refractivity contribution >= 4 is 15.7 Å². The lowest BCUT2D eigenvalue weighted by atomic mass is 9.99. The van der Waals surface area contributed by atoms with Crippen molar-refractivity contribution in [1.82, 2.24) is 0 Å². The minimum Gasteiger partial charge on any atom is -0.280 e. The predicted octanol–water partition coefficient (Wildman–Crippen LogP) is 4.31. The third kappa shape index (κ3) is 3.85. The number of aryl methyl sites for hydroxylation is 1. The van der Waals surface area contributed by atoms with Crippen molar-refractivity contribution in [1.29, 1.82) is 0 Å². The second kappa shape index (κ2) is 6.31. The Labute approximate surface area is 127 Å². The van der Waals surface area contributed by atoms with E-state index in [1.807, 2.05) is 31.2 Å². The second-order valence-electron chi connectivity index (χ2n) is 5.35. The topological polar surface area (TPSA) is 46.2 Å². The lowest BCUT2D eigenvalue weighted by Gasteiger charge is -2.11. The molecule has 0 aliphatic rings. The van der Waals surface area contributed by atoms with E-state index in [0.29, 0.717) is 11.6 Å². The molecule has 0 fully saturated rings. The van der Waals surface area contributed by atoms with Crippen LogP contribution in [0.15, 0.2) is 53.4 Å². The average Bonchev–Trinajstić information content (AvgIpc) is 2.49. The van der Waals surface area contributed by atoms with E-state index >= 15 is 0 Å². The molecule has 0 heterocycles. The Kier molecular flexibility index (Phi) is 4.68. The number of benzene rings is 2. The fourth-order valence-electron chi connectivity index (χ4n) is 2.05. The van der Waals surface area contributed by atoms with E-state index in [1.165, 1.54) is 0 Å². The summed E-state index contributed by atoms with van der Waals surface area (Å²) in [5.41, 5.74) is 2.83. The highest BCUT2D eigenvalue weighted by Crippen LogP contribution is 2.22. The van der Waals surface area contributed by atoms with Gasteiger partial charge in [0.05, 0.1) is 4.90 Å². The summed E-state index contributed by atoms with van der Waals surface area (Å²) in [6.45, 7) is 6.22. The van der Waals surface area contributed by atoms with Crippen LogP contribution in [0.3, 0.4) is 0 Å². The van der Waals surface area contributed by atoms with Crippen LogP contribution in [0.1, 0.15) is 37.3 Å². The van der Waals surface area contributed by atoms with Crippen molar-refractivity contribution in [3.05, 3.63) is 59.7 Å². The van der Waals surface area contributed by atoms with E-state index in [9.17, 15) is 8.42 Å². The maximum atomic E-state index is 12.3. The number of hydrogen-bond donors (Lipinski definition) is 1. The van der Waals surface area contributed by atoms with Gasteiger partial charge in [0.1, 0.15) is 0 Å². The van der Waals surface area contributed by atoms with Gasteiger partial charge in [0, 0.05) is 5.69 Å². The summed E-state index contributed by atoms with van der Waals surface area (Å²) >= 11 is 0. The molecule has 2 aromatic rings. The zero-order chi connectivity index (χ0) is 15.5. The van der Waals surface area contributed by atoms with Gasteiger partial charge in [0.2, 0.25) is 0 Å². The largest absolute Gasteiger partial charge is 0.280 e. The van der Waals surface area contributed by atoms with Gasteiger partial charge >= 0.3 is 0 Å². The maximum absolute atomic E-state index is 12.3. The van der Waals surface area contributed by atoms with Gasteiger partial charge in [-0.05, 0) is 49.1 Å². The molecule has 2 rings (SSSR count). The molecule has 0 spiro atoms. The normalized spacial score (nSPS) is 12.9. The van der Waals surface area contributed by atoms with Crippen LogP contribution < -0.4 is 4.72 Å². The summed E-state index contributed by atoms with van der Waals surface area (Å²) in [5.74, 6) is 0.437. The van der Waals surface area contributed by atoms with Crippen molar-refractivity contribution in [2.75, 3.05) is 4.72 Å². The van der Waals surface area contributed by atoms with Crippen molar-refractivity contribution in [2.45, 2.75) is 38.0 Å². The van der Waals surface area contributed by atoms with Crippen LogP contribution >= 0.6 is 0 Å². The van der Waals surface area contributed by atoms with Crippen molar-refractivity contribution in [3.63, 3.8) is 0 Å². The lowest BCUT2D eigenvalue weighted by Crippen LogP contribution is -2.13. The number of sulfonamides is 1. The first-order valence-corrected chi connectivity index (χ1v) is 8.60. The molecular formula is C17H21NO2S. The van der Waals surface area contributed by atoms with E-state index in [4.69, 9.17) is 0 Å². The molecule has 2 aromatic carbocycles. The molecule has 21 heavy (non-hydrogen) atoms. The minimum atomic E-state index is -3.53. The first-order valence-electron chi connectivity index (χ1n) is 7.12. The maximum Gasteiger partial charge on any atom is 0.261 e. The van der Waals surface area contributed by atoms with Gasteiger partial charge in [-0.1, -0.05) is 43.7 Å². The van der Waals surface area contributed by atoms with Crippen LogP contribution in [-0.4, -0.2) is 8.42 Å². The van der Waals surface area contributed by atoms with Crippen molar-refractivity contribution in [2.24, 2.45) is 0 Å². The highest BCUT2D eigenvalue weighted by molar-refractivity contribution is 7.92. The summed E-state index contributed by atoms with van der Waals surface area (Å²) in [6, 6.07) is 14.4. The molecule has 0 bridgehead atoms. The highest BCUT2D eigenvalue weighted by atomic mass is 32.2. The van der Waals surface area contributed by atoms with Gasteiger partial charge in [-0.25, -0.2) is 8.42 Å². The van der Waals surface area contributed by atoms with Crippen LogP contribution in [0.25, 0.3) is 0 Å². The molecule has 1 unspecified atom stereocenters. The van der Waals surface area contributed by atoms with Crippen LogP contribution in [0.5, 0.6) is 0 Å². The zero-order valence-corrected chi connectivity index (χ0v) is 13.4. The molecule has 1 atom stereocenters. The molecule has 112 valence electrons. The second-order valence-corrected chi connectivity index (χ2v) is 7.03. The Morgan fingerprint density at radius 1 is 1.00 bits per heavy atom. The van der Waals surface area contributed by atoms with Gasteiger partial charge in [-0.2, -0.15) is 0 Å². The molecule has 0 aliphatic heterocycles.